The van der Waals surface area contributed by atoms with Crippen molar-refractivity contribution in [3.8, 4) is 0 Å². The van der Waals surface area contributed by atoms with Gasteiger partial charge in [0.15, 0.2) is 0 Å². The normalized spacial score (nSPS) is 11.4. The Bertz CT molecular complexity index is 712. The molecule has 25 heavy (non-hydrogen) atoms. The van der Waals surface area contributed by atoms with Crippen LogP contribution in [0.5, 0.6) is 0 Å². The first-order valence-electron chi connectivity index (χ1n) is 7.77. The third-order valence-corrected chi connectivity index (χ3v) is 4.43. The van der Waals surface area contributed by atoms with Gasteiger partial charge < -0.3 is 5.32 Å². The smallest absolute Gasteiger partial charge is 0.260 e. The van der Waals surface area contributed by atoms with Crippen molar-refractivity contribution in [2.45, 2.75) is 12.5 Å². The summed E-state index contributed by atoms with van der Waals surface area (Å²) in [5.41, 5.74) is 6.59. The number of carbonyl (C=O) groups excluding carboxylic acids is 2. The number of thioether (sulfide) groups is 1. The highest BCUT2D eigenvalue weighted by Gasteiger charge is 2.22. The van der Waals surface area contributed by atoms with Crippen LogP contribution in [0.3, 0.4) is 0 Å². The lowest BCUT2D eigenvalue weighted by molar-refractivity contribution is -0.122. The number of hydrogen-bond acceptors (Lipinski definition) is 4. The molecule has 2 amide bonds. The summed E-state index contributed by atoms with van der Waals surface area (Å²) < 4.78 is 0. The summed E-state index contributed by atoms with van der Waals surface area (Å²) in [6.07, 6.45) is 2.47. The van der Waals surface area contributed by atoms with E-state index in [4.69, 9.17) is 11.6 Å². The van der Waals surface area contributed by atoms with Gasteiger partial charge in [-0.1, -0.05) is 41.9 Å². The van der Waals surface area contributed by atoms with Gasteiger partial charge in [0, 0.05) is 0 Å². The van der Waals surface area contributed by atoms with Crippen LogP contribution in [0, 0.1) is 0 Å². The fourth-order valence-electron chi connectivity index (χ4n) is 2.13. The fraction of sp³-hybridized carbons (Fsp3) is 0.222. The van der Waals surface area contributed by atoms with Crippen LogP contribution in [-0.2, 0) is 4.79 Å². The molecule has 0 saturated heterocycles. The fourth-order valence-corrected chi connectivity index (χ4v) is 2.82. The molecule has 2 aromatic carbocycles. The minimum absolute atomic E-state index is 0.307. The lowest BCUT2D eigenvalue weighted by Gasteiger charge is -2.19. The Morgan fingerprint density at radius 1 is 1.08 bits per heavy atom. The predicted molar refractivity (Wildman–Crippen MR) is 104 cm³/mol. The van der Waals surface area contributed by atoms with Crippen molar-refractivity contribution in [1.82, 2.24) is 10.7 Å². The van der Waals surface area contributed by atoms with E-state index in [-0.39, 0.29) is 11.8 Å². The SMILES string of the molecule is CSCCC(NC(=O)c1ccccc1Cl)C(=O)NNc1ccccc1. The maximum Gasteiger partial charge on any atom is 0.260 e. The number of amides is 2. The van der Waals surface area contributed by atoms with Crippen molar-refractivity contribution in [1.29, 1.82) is 0 Å². The number of nitrogens with one attached hydrogen (secondary N) is 3. The summed E-state index contributed by atoms with van der Waals surface area (Å²) in [5, 5.41) is 3.11. The Hall–Kier alpha value is -2.18. The van der Waals surface area contributed by atoms with Crippen LogP contribution in [0.25, 0.3) is 0 Å². The van der Waals surface area contributed by atoms with Gasteiger partial charge in [-0.3, -0.25) is 20.4 Å². The molecule has 0 heterocycles. The minimum Gasteiger partial charge on any atom is -0.340 e. The first-order valence-corrected chi connectivity index (χ1v) is 9.54. The van der Waals surface area contributed by atoms with Gasteiger partial charge in [-0.05, 0) is 42.7 Å². The minimum atomic E-state index is -0.660. The van der Waals surface area contributed by atoms with Crippen molar-refractivity contribution in [3.05, 3.63) is 65.2 Å². The lowest BCUT2D eigenvalue weighted by atomic mass is 10.1. The number of hydrazine groups is 1. The maximum atomic E-state index is 12.4. The second kappa shape index (κ2) is 9.96. The number of para-hydroxylation sites is 1. The molecule has 7 heteroatoms. The molecule has 2 aromatic rings. The molecule has 3 N–H and O–H groups in total. The Labute approximate surface area is 156 Å². The molecule has 0 aliphatic carbocycles. The standard InChI is InChI=1S/C18H20ClN3O2S/c1-25-12-11-16(18(24)22-21-13-7-3-2-4-8-13)20-17(23)14-9-5-6-10-15(14)19/h2-10,16,21H,11-12H2,1H3,(H,20,23)(H,22,24). The number of anilines is 1. The van der Waals surface area contributed by atoms with E-state index in [0.29, 0.717) is 17.0 Å². The second-order valence-electron chi connectivity index (χ2n) is 5.27. The molecule has 5 nitrogen and oxygen atoms in total. The van der Waals surface area contributed by atoms with Gasteiger partial charge in [-0.2, -0.15) is 11.8 Å². The van der Waals surface area contributed by atoms with E-state index in [1.165, 1.54) is 0 Å². The average molecular weight is 378 g/mol. The molecule has 0 radical (unpaired) electrons. The molecule has 0 spiro atoms. The number of rotatable bonds is 8. The van der Waals surface area contributed by atoms with Crippen LogP contribution in [0.15, 0.2) is 54.6 Å². The van der Waals surface area contributed by atoms with Crippen molar-refractivity contribution < 1.29 is 9.59 Å². The van der Waals surface area contributed by atoms with E-state index in [1.807, 2.05) is 36.6 Å². The van der Waals surface area contributed by atoms with Gasteiger partial charge in [-0.25, -0.2) is 0 Å². The quantitative estimate of drug-likeness (QED) is 0.617. The van der Waals surface area contributed by atoms with Crippen LogP contribution in [0.1, 0.15) is 16.8 Å². The van der Waals surface area contributed by atoms with Crippen molar-refractivity contribution in [3.63, 3.8) is 0 Å². The Morgan fingerprint density at radius 3 is 2.44 bits per heavy atom. The third kappa shape index (κ3) is 5.99. The average Bonchev–Trinajstić information content (AvgIpc) is 2.64. The zero-order valence-corrected chi connectivity index (χ0v) is 15.4. The topological polar surface area (TPSA) is 70.2 Å². The molecule has 0 saturated carbocycles. The van der Waals surface area contributed by atoms with Gasteiger partial charge in [0.1, 0.15) is 6.04 Å². The van der Waals surface area contributed by atoms with Crippen LogP contribution in [-0.4, -0.2) is 29.9 Å². The van der Waals surface area contributed by atoms with E-state index in [2.05, 4.69) is 16.2 Å². The lowest BCUT2D eigenvalue weighted by Crippen LogP contribution is -2.48. The zero-order valence-electron chi connectivity index (χ0n) is 13.8. The predicted octanol–water partition coefficient (Wildman–Crippen LogP) is 3.33. The van der Waals surface area contributed by atoms with Crippen molar-refractivity contribution >= 4 is 40.9 Å². The molecular formula is C18H20ClN3O2S. The molecule has 0 bridgehead atoms. The van der Waals surface area contributed by atoms with Gasteiger partial charge in [-0.15, -0.1) is 0 Å². The molecule has 2 rings (SSSR count). The highest BCUT2D eigenvalue weighted by molar-refractivity contribution is 7.98. The van der Waals surface area contributed by atoms with E-state index in [0.717, 1.165) is 11.4 Å². The zero-order chi connectivity index (χ0) is 18.1. The van der Waals surface area contributed by atoms with Crippen LogP contribution >= 0.6 is 23.4 Å². The largest absolute Gasteiger partial charge is 0.340 e. The third-order valence-electron chi connectivity index (χ3n) is 3.45. The number of benzene rings is 2. The van der Waals surface area contributed by atoms with Gasteiger partial charge in [0.05, 0.1) is 16.3 Å². The Morgan fingerprint density at radius 2 is 1.76 bits per heavy atom. The van der Waals surface area contributed by atoms with Crippen LogP contribution in [0.2, 0.25) is 5.02 Å². The highest BCUT2D eigenvalue weighted by Crippen LogP contribution is 2.15. The molecule has 1 atom stereocenters. The molecule has 1 unspecified atom stereocenters. The van der Waals surface area contributed by atoms with Gasteiger partial charge in [0.25, 0.3) is 11.8 Å². The molecule has 132 valence electrons. The summed E-state index contributed by atoms with van der Waals surface area (Å²) in [6, 6.07) is 15.4. The summed E-state index contributed by atoms with van der Waals surface area (Å²) >= 11 is 7.66. The molecule has 0 aliphatic rings. The summed E-state index contributed by atoms with van der Waals surface area (Å²) in [7, 11) is 0. The molecular weight excluding hydrogens is 358 g/mol. The summed E-state index contributed by atoms with van der Waals surface area (Å²) in [6.45, 7) is 0. The monoisotopic (exact) mass is 377 g/mol. The molecule has 0 fully saturated rings. The maximum absolute atomic E-state index is 12.4. The first kappa shape index (κ1) is 19.1. The first-order chi connectivity index (χ1) is 12.1. The number of halogens is 1. The van der Waals surface area contributed by atoms with Gasteiger partial charge >= 0.3 is 0 Å². The van der Waals surface area contributed by atoms with E-state index in [1.54, 1.807) is 36.0 Å². The van der Waals surface area contributed by atoms with Crippen molar-refractivity contribution in [2.75, 3.05) is 17.4 Å². The Kier molecular flexibility index (Phi) is 7.63. The van der Waals surface area contributed by atoms with Gasteiger partial charge in [0.2, 0.25) is 0 Å². The molecule has 0 aromatic heterocycles. The Balaban J connectivity index is 2.00. The van der Waals surface area contributed by atoms with E-state index < -0.39 is 6.04 Å². The van der Waals surface area contributed by atoms with Crippen molar-refractivity contribution in [2.24, 2.45) is 0 Å². The van der Waals surface area contributed by atoms with Crippen LogP contribution < -0.4 is 16.2 Å². The number of hydrogen-bond donors (Lipinski definition) is 3. The van der Waals surface area contributed by atoms with E-state index in [9.17, 15) is 9.59 Å². The highest BCUT2D eigenvalue weighted by atomic mass is 35.5. The summed E-state index contributed by atoms with van der Waals surface area (Å²) in [5.74, 6) is 0.0662. The van der Waals surface area contributed by atoms with E-state index >= 15 is 0 Å². The van der Waals surface area contributed by atoms with Crippen LogP contribution in [0.4, 0.5) is 5.69 Å². The number of carbonyl (C=O) groups is 2. The molecule has 0 aliphatic heterocycles. The summed E-state index contributed by atoms with van der Waals surface area (Å²) in [4.78, 5) is 24.9. The second-order valence-corrected chi connectivity index (χ2v) is 6.66.